The molecule has 0 aromatic heterocycles. The molecule has 0 bridgehead atoms. The lowest BCUT2D eigenvalue weighted by atomic mass is 10.3. The molecule has 0 spiro atoms. The second-order valence-corrected chi connectivity index (χ2v) is 2.86. The topological polar surface area (TPSA) is 20.2 Å². The lowest BCUT2D eigenvalue weighted by Gasteiger charge is -1.82. The van der Waals surface area contributed by atoms with Crippen LogP contribution < -0.4 is 0 Å². The number of hydrogen-bond acceptors (Lipinski definition) is 1. The van der Waals surface area contributed by atoms with E-state index in [0.717, 1.165) is 19.3 Å². The van der Waals surface area contributed by atoms with Crippen LogP contribution in [0.2, 0.25) is 0 Å². The maximum atomic E-state index is 8.67. The van der Waals surface area contributed by atoms with Gasteiger partial charge in [0.2, 0.25) is 0 Å². The normalized spacial score (nSPS) is 29.0. The summed E-state index contributed by atoms with van der Waals surface area (Å²) in [5, 5.41) is 8.67. The standard InChI is InChI=1S/C9H14O/c1-2-3-4-5-8-6-9(8)7-10/h8-10H,2-3,6-7H2,1H3/t8-,9-/m0/s1. The molecule has 10 heavy (non-hydrogen) atoms. The van der Waals surface area contributed by atoms with E-state index in [4.69, 9.17) is 5.11 Å². The van der Waals surface area contributed by atoms with Crippen LogP contribution in [0.25, 0.3) is 0 Å². The first kappa shape index (κ1) is 7.63. The largest absolute Gasteiger partial charge is 0.396 e. The lowest BCUT2D eigenvalue weighted by Crippen LogP contribution is -1.85. The van der Waals surface area contributed by atoms with Crippen LogP contribution in [0.15, 0.2) is 0 Å². The molecule has 1 fully saturated rings. The van der Waals surface area contributed by atoms with Crippen LogP contribution >= 0.6 is 0 Å². The molecule has 56 valence electrons. The predicted molar refractivity (Wildman–Crippen MR) is 41.4 cm³/mol. The van der Waals surface area contributed by atoms with Crippen molar-refractivity contribution >= 4 is 0 Å². The van der Waals surface area contributed by atoms with Crippen LogP contribution in [0.3, 0.4) is 0 Å². The molecule has 1 N–H and O–H groups in total. The van der Waals surface area contributed by atoms with Crippen molar-refractivity contribution < 1.29 is 5.11 Å². The molecule has 1 aliphatic rings. The Kier molecular flexibility index (Phi) is 2.77. The zero-order chi connectivity index (χ0) is 7.40. The second-order valence-electron chi connectivity index (χ2n) is 2.86. The molecule has 1 aliphatic carbocycles. The van der Waals surface area contributed by atoms with Gasteiger partial charge in [0.1, 0.15) is 0 Å². The van der Waals surface area contributed by atoms with Crippen molar-refractivity contribution in [3.63, 3.8) is 0 Å². The second kappa shape index (κ2) is 3.63. The molecule has 1 heteroatoms. The first-order valence-corrected chi connectivity index (χ1v) is 3.97. The summed E-state index contributed by atoms with van der Waals surface area (Å²) in [6.45, 7) is 2.45. The van der Waals surface area contributed by atoms with Gasteiger partial charge in [0, 0.05) is 18.9 Å². The van der Waals surface area contributed by atoms with Crippen LogP contribution in [0.5, 0.6) is 0 Å². The third kappa shape index (κ3) is 2.04. The van der Waals surface area contributed by atoms with Crippen LogP contribution in [-0.2, 0) is 0 Å². The molecule has 2 atom stereocenters. The Morgan fingerprint density at radius 2 is 2.40 bits per heavy atom. The highest BCUT2D eigenvalue weighted by Crippen LogP contribution is 2.36. The smallest absolute Gasteiger partial charge is 0.0471 e. The van der Waals surface area contributed by atoms with Crippen molar-refractivity contribution in [1.82, 2.24) is 0 Å². The third-order valence-corrected chi connectivity index (χ3v) is 1.82. The van der Waals surface area contributed by atoms with Crippen LogP contribution in [0.1, 0.15) is 26.2 Å². The minimum absolute atomic E-state index is 0.325. The number of rotatable bonds is 2. The molecular weight excluding hydrogens is 124 g/mol. The van der Waals surface area contributed by atoms with Gasteiger partial charge < -0.3 is 5.11 Å². The summed E-state index contributed by atoms with van der Waals surface area (Å²) in [4.78, 5) is 0. The Morgan fingerprint density at radius 3 is 2.90 bits per heavy atom. The van der Waals surface area contributed by atoms with Crippen molar-refractivity contribution in [3.8, 4) is 11.8 Å². The van der Waals surface area contributed by atoms with E-state index in [9.17, 15) is 0 Å². The van der Waals surface area contributed by atoms with Gasteiger partial charge in [-0.2, -0.15) is 0 Å². The van der Waals surface area contributed by atoms with Gasteiger partial charge in [0.15, 0.2) is 0 Å². The third-order valence-electron chi connectivity index (χ3n) is 1.82. The van der Waals surface area contributed by atoms with E-state index in [1.54, 1.807) is 0 Å². The van der Waals surface area contributed by atoms with Gasteiger partial charge in [-0.3, -0.25) is 0 Å². The van der Waals surface area contributed by atoms with E-state index in [2.05, 4.69) is 18.8 Å². The average Bonchev–Trinajstić information content (AvgIpc) is 2.68. The molecule has 0 aromatic carbocycles. The predicted octanol–water partition coefficient (Wildman–Crippen LogP) is 1.42. The van der Waals surface area contributed by atoms with Gasteiger partial charge in [0.25, 0.3) is 0 Å². The zero-order valence-corrected chi connectivity index (χ0v) is 6.43. The lowest BCUT2D eigenvalue weighted by molar-refractivity contribution is 0.273. The van der Waals surface area contributed by atoms with Crippen molar-refractivity contribution in [3.05, 3.63) is 0 Å². The Bertz CT molecular complexity index is 152. The number of aliphatic hydroxyl groups excluding tert-OH is 1. The summed E-state index contributed by atoms with van der Waals surface area (Å²) in [6, 6.07) is 0. The van der Waals surface area contributed by atoms with Crippen LogP contribution in [0, 0.1) is 23.7 Å². The molecule has 1 rings (SSSR count). The summed E-state index contributed by atoms with van der Waals surface area (Å²) in [5.41, 5.74) is 0. The summed E-state index contributed by atoms with van der Waals surface area (Å²) in [7, 11) is 0. The minimum atomic E-state index is 0.325. The molecule has 0 saturated heterocycles. The fourth-order valence-corrected chi connectivity index (χ4v) is 0.954. The Hall–Kier alpha value is -0.480. The highest BCUT2D eigenvalue weighted by atomic mass is 16.3. The maximum Gasteiger partial charge on any atom is 0.0471 e. The van der Waals surface area contributed by atoms with E-state index in [1.807, 2.05) is 0 Å². The van der Waals surface area contributed by atoms with Gasteiger partial charge in [-0.25, -0.2) is 0 Å². The quantitative estimate of drug-likeness (QED) is 0.572. The number of aliphatic hydroxyl groups is 1. The van der Waals surface area contributed by atoms with E-state index in [1.165, 1.54) is 0 Å². The minimum Gasteiger partial charge on any atom is -0.396 e. The van der Waals surface area contributed by atoms with Gasteiger partial charge >= 0.3 is 0 Å². The van der Waals surface area contributed by atoms with Gasteiger partial charge in [-0.15, -0.1) is 5.92 Å². The van der Waals surface area contributed by atoms with E-state index < -0.39 is 0 Å². The first-order chi connectivity index (χ1) is 4.88. The highest BCUT2D eigenvalue weighted by molar-refractivity contribution is 5.12. The van der Waals surface area contributed by atoms with Gasteiger partial charge in [-0.1, -0.05) is 12.8 Å². The Balaban J connectivity index is 2.12. The molecule has 0 heterocycles. The van der Waals surface area contributed by atoms with Crippen LogP contribution in [-0.4, -0.2) is 11.7 Å². The van der Waals surface area contributed by atoms with E-state index in [-0.39, 0.29) is 0 Å². The Morgan fingerprint density at radius 1 is 1.60 bits per heavy atom. The molecule has 0 aliphatic heterocycles. The van der Waals surface area contributed by atoms with Gasteiger partial charge in [-0.05, 0) is 18.8 Å². The molecule has 1 nitrogen and oxygen atoms in total. The molecule has 0 unspecified atom stereocenters. The highest BCUT2D eigenvalue weighted by Gasteiger charge is 2.34. The summed E-state index contributed by atoms with van der Waals surface area (Å²) < 4.78 is 0. The van der Waals surface area contributed by atoms with E-state index >= 15 is 0 Å². The molecule has 0 radical (unpaired) electrons. The van der Waals surface area contributed by atoms with Crippen molar-refractivity contribution in [2.45, 2.75) is 26.2 Å². The molecule has 0 aromatic rings. The maximum absolute atomic E-state index is 8.67. The van der Waals surface area contributed by atoms with E-state index in [0.29, 0.717) is 18.4 Å². The van der Waals surface area contributed by atoms with Crippen molar-refractivity contribution in [1.29, 1.82) is 0 Å². The molecule has 0 amide bonds. The SMILES string of the molecule is CCCC#C[C@H]1C[C@H]1CO. The van der Waals surface area contributed by atoms with Gasteiger partial charge in [0.05, 0.1) is 0 Å². The van der Waals surface area contributed by atoms with Crippen molar-refractivity contribution in [2.24, 2.45) is 11.8 Å². The summed E-state index contributed by atoms with van der Waals surface area (Å²) in [6.07, 6.45) is 3.27. The fraction of sp³-hybridized carbons (Fsp3) is 0.778. The van der Waals surface area contributed by atoms with Crippen LogP contribution in [0.4, 0.5) is 0 Å². The first-order valence-electron chi connectivity index (χ1n) is 3.97. The number of hydrogen-bond donors (Lipinski definition) is 1. The number of unbranched alkanes of at least 4 members (excludes halogenated alkanes) is 1. The zero-order valence-electron chi connectivity index (χ0n) is 6.43. The molecular formula is C9H14O. The van der Waals surface area contributed by atoms with Crippen molar-refractivity contribution in [2.75, 3.05) is 6.61 Å². The fourth-order valence-electron chi connectivity index (χ4n) is 0.954. The summed E-state index contributed by atoms with van der Waals surface area (Å²) >= 11 is 0. The molecule has 1 saturated carbocycles. The summed E-state index contributed by atoms with van der Waals surface area (Å²) in [5.74, 6) is 7.28. The monoisotopic (exact) mass is 138 g/mol. The average molecular weight is 138 g/mol. The Labute approximate surface area is 62.4 Å².